The van der Waals surface area contributed by atoms with Crippen LogP contribution in [0.25, 0.3) is 0 Å². The van der Waals surface area contributed by atoms with E-state index in [2.05, 4.69) is 12.1 Å². The third-order valence-corrected chi connectivity index (χ3v) is 2.87. The Morgan fingerprint density at radius 2 is 1.69 bits per heavy atom. The minimum Gasteiger partial charge on any atom is -0.207 e. The Balaban J connectivity index is 2.09. The first-order chi connectivity index (χ1) is 7.64. The summed E-state index contributed by atoms with van der Waals surface area (Å²) in [6.45, 7) is 1.55. The number of halogens is 2. The van der Waals surface area contributed by atoms with Gasteiger partial charge < -0.3 is 0 Å². The zero-order chi connectivity index (χ0) is 11.9. The van der Waals surface area contributed by atoms with Crippen molar-refractivity contribution in [1.82, 2.24) is 0 Å². The quantitative estimate of drug-likeness (QED) is 0.584. The molecule has 0 nitrogen and oxygen atoms in total. The molecule has 0 aliphatic carbocycles. The fourth-order valence-electron chi connectivity index (χ4n) is 1.71. The molecule has 0 aromatic heterocycles. The van der Waals surface area contributed by atoms with Gasteiger partial charge in [0.1, 0.15) is 0 Å². The van der Waals surface area contributed by atoms with Crippen LogP contribution in [0.4, 0.5) is 8.78 Å². The average molecular weight is 226 g/mol. The summed E-state index contributed by atoms with van der Waals surface area (Å²) in [4.78, 5) is 0. The highest BCUT2D eigenvalue weighted by molar-refractivity contribution is 5.14. The summed E-state index contributed by atoms with van der Waals surface area (Å²) in [5.74, 6) is -2.45. The molecule has 0 saturated heterocycles. The van der Waals surface area contributed by atoms with Gasteiger partial charge in [0.15, 0.2) is 0 Å². The zero-order valence-corrected chi connectivity index (χ0v) is 9.89. The van der Waals surface area contributed by atoms with Gasteiger partial charge in [-0.2, -0.15) is 0 Å². The fraction of sp³-hybridized carbons (Fsp3) is 0.571. The average Bonchev–Trinajstić information content (AvgIpc) is 2.30. The third-order valence-electron chi connectivity index (χ3n) is 2.87. The smallest absolute Gasteiger partial charge is 0.207 e. The number of benzene rings is 1. The predicted molar refractivity (Wildman–Crippen MR) is 63.9 cm³/mol. The lowest BCUT2D eigenvalue weighted by molar-refractivity contribution is -0.0136. The molecule has 1 aromatic rings. The highest BCUT2D eigenvalue weighted by Crippen LogP contribution is 2.25. The molecule has 0 N–H and O–H groups in total. The maximum atomic E-state index is 12.9. The van der Waals surface area contributed by atoms with E-state index in [1.165, 1.54) is 5.56 Å². The maximum absolute atomic E-state index is 12.9. The largest absolute Gasteiger partial charge is 0.247 e. The van der Waals surface area contributed by atoms with Gasteiger partial charge in [-0.15, -0.1) is 0 Å². The molecule has 0 bridgehead atoms. The van der Waals surface area contributed by atoms with E-state index in [4.69, 9.17) is 0 Å². The Morgan fingerprint density at radius 3 is 2.31 bits per heavy atom. The van der Waals surface area contributed by atoms with Crippen molar-refractivity contribution in [2.45, 2.75) is 51.4 Å². The first-order valence-corrected chi connectivity index (χ1v) is 6.06. The van der Waals surface area contributed by atoms with Gasteiger partial charge in [0, 0.05) is 12.8 Å². The second kappa shape index (κ2) is 6.62. The molecule has 16 heavy (non-hydrogen) atoms. The number of unbranched alkanes of at least 4 members (excludes halogenated alkanes) is 2. The van der Waals surface area contributed by atoms with Gasteiger partial charge in [-0.05, 0) is 24.8 Å². The number of rotatable bonds is 7. The summed E-state index contributed by atoms with van der Waals surface area (Å²) in [5.41, 5.74) is 1.30. The van der Waals surface area contributed by atoms with Crippen LogP contribution in [-0.4, -0.2) is 5.92 Å². The maximum Gasteiger partial charge on any atom is 0.247 e. The van der Waals surface area contributed by atoms with Crippen LogP contribution in [0.1, 0.15) is 44.6 Å². The monoisotopic (exact) mass is 226 g/mol. The van der Waals surface area contributed by atoms with Gasteiger partial charge in [0.2, 0.25) is 5.92 Å². The molecule has 0 spiro atoms. The minimum atomic E-state index is -2.45. The van der Waals surface area contributed by atoms with Crippen LogP contribution in [0.3, 0.4) is 0 Å². The van der Waals surface area contributed by atoms with Crippen molar-refractivity contribution in [3.8, 4) is 0 Å². The lowest BCUT2D eigenvalue weighted by Gasteiger charge is -2.13. The molecular formula is C14H20F2. The topological polar surface area (TPSA) is 0 Å². The van der Waals surface area contributed by atoms with Crippen LogP contribution in [-0.2, 0) is 6.42 Å². The van der Waals surface area contributed by atoms with E-state index in [9.17, 15) is 8.78 Å². The van der Waals surface area contributed by atoms with E-state index < -0.39 is 5.92 Å². The van der Waals surface area contributed by atoms with E-state index in [1.807, 2.05) is 18.2 Å². The molecule has 0 aliphatic rings. The van der Waals surface area contributed by atoms with Crippen LogP contribution < -0.4 is 0 Å². The lowest BCUT2D eigenvalue weighted by Crippen LogP contribution is -2.13. The van der Waals surface area contributed by atoms with Gasteiger partial charge >= 0.3 is 0 Å². The van der Waals surface area contributed by atoms with Crippen LogP contribution in [0, 0.1) is 0 Å². The van der Waals surface area contributed by atoms with Gasteiger partial charge in [-0.1, -0.05) is 43.7 Å². The van der Waals surface area contributed by atoms with E-state index >= 15 is 0 Å². The van der Waals surface area contributed by atoms with Gasteiger partial charge in [0.25, 0.3) is 0 Å². The van der Waals surface area contributed by atoms with Crippen molar-refractivity contribution >= 4 is 0 Å². The van der Waals surface area contributed by atoms with Crippen LogP contribution in [0.5, 0.6) is 0 Å². The second-order valence-corrected chi connectivity index (χ2v) is 4.26. The molecule has 0 amide bonds. The number of hydrogen-bond acceptors (Lipinski definition) is 0. The van der Waals surface area contributed by atoms with Crippen molar-refractivity contribution < 1.29 is 8.78 Å². The first-order valence-electron chi connectivity index (χ1n) is 6.06. The Hall–Kier alpha value is -0.920. The van der Waals surface area contributed by atoms with Crippen molar-refractivity contribution in [2.24, 2.45) is 0 Å². The summed E-state index contributed by atoms with van der Waals surface area (Å²) in [5, 5.41) is 0. The molecule has 2 heteroatoms. The summed E-state index contributed by atoms with van der Waals surface area (Å²) >= 11 is 0. The number of hydrogen-bond donors (Lipinski definition) is 0. The molecule has 0 unspecified atom stereocenters. The SMILES string of the molecule is CCC(F)(F)CCCCCc1ccccc1. The Labute approximate surface area is 96.7 Å². The molecular weight excluding hydrogens is 206 g/mol. The van der Waals surface area contributed by atoms with Crippen LogP contribution in [0.2, 0.25) is 0 Å². The summed E-state index contributed by atoms with van der Waals surface area (Å²) in [7, 11) is 0. The normalized spacial score (nSPS) is 11.7. The molecule has 90 valence electrons. The Morgan fingerprint density at radius 1 is 1.00 bits per heavy atom. The van der Waals surface area contributed by atoms with E-state index in [1.54, 1.807) is 6.92 Å². The summed E-state index contributed by atoms with van der Waals surface area (Å²) < 4.78 is 25.8. The second-order valence-electron chi connectivity index (χ2n) is 4.26. The standard InChI is InChI=1S/C14H20F2/c1-2-14(15,16)12-8-4-7-11-13-9-5-3-6-10-13/h3,5-6,9-10H,2,4,7-8,11-12H2,1H3. The summed E-state index contributed by atoms with van der Waals surface area (Å²) in [6.07, 6.45) is 3.53. The van der Waals surface area contributed by atoms with Gasteiger partial charge in [-0.25, -0.2) is 8.78 Å². The van der Waals surface area contributed by atoms with Crippen molar-refractivity contribution in [1.29, 1.82) is 0 Å². The molecule has 0 saturated carbocycles. The van der Waals surface area contributed by atoms with Crippen LogP contribution in [0.15, 0.2) is 30.3 Å². The Bertz CT molecular complexity index is 280. The first kappa shape index (κ1) is 13.1. The molecule has 1 aromatic carbocycles. The molecule has 1 rings (SSSR count). The molecule has 0 aliphatic heterocycles. The molecule has 0 heterocycles. The van der Waals surface area contributed by atoms with Crippen molar-refractivity contribution in [2.75, 3.05) is 0 Å². The predicted octanol–water partition coefficient (Wildman–Crippen LogP) is 4.83. The highest BCUT2D eigenvalue weighted by Gasteiger charge is 2.24. The fourth-order valence-corrected chi connectivity index (χ4v) is 1.71. The van der Waals surface area contributed by atoms with Crippen LogP contribution >= 0.6 is 0 Å². The molecule has 0 fully saturated rings. The Kier molecular flexibility index (Phi) is 5.44. The van der Waals surface area contributed by atoms with Crippen molar-refractivity contribution in [3.05, 3.63) is 35.9 Å². The van der Waals surface area contributed by atoms with Crippen molar-refractivity contribution in [3.63, 3.8) is 0 Å². The number of aryl methyl sites for hydroxylation is 1. The highest BCUT2D eigenvalue weighted by atomic mass is 19.3. The third kappa shape index (κ3) is 5.24. The molecule has 0 atom stereocenters. The molecule has 0 radical (unpaired) electrons. The summed E-state index contributed by atoms with van der Waals surface area (Å²) in [6, 6.07) is 10.2. The number of alkyl halides is 2. The van der Waals surface area contributed by atoms with Gasteiger partial charge in [-0.3, -0.25) is 0 Å². The van der Waals surface area contributed by atoms with Gasteiger partial charge in [0.05, 0.1) is 0 Å². The minimum absolute atomic E-state index is 0.0360. The van der Waals surface area contributed by atoms with E-state index in [0.717, 1.165) is 19.3 Å². The van der Waals surface area contributed by atoms with E-state index in [0.29, 0.717) is 6.42 Å². The lowest BCUT2D eigenvalue weighted by atomic mass is 10.0. The van der Waals surface area contributed by atoms with E-state index in [-0.39, 0.29) is 12.8 Å². The zero-order valence-electron chi connectivity index (χ0n) is 9.89.